The van der Waals surface area contributed by atoms with Crippen molar-refractivity contribution in [3.05, 3.63) is 0 Å². The molecule has 8 nitrogen and oxygen atoms in total. The Bertz CT molecular complexity index is 411. The van der Waals surface area contributed by atoms with Gasteiger partial charge >= 0.3 is 0 Å². The molecule has 144 valence electrons. The third-order valence-corrected chi connectivity index (χ3v) is 2.11. The van der Waals surface area contributed by atoms with E-state index < -0.39 is 0 Å². The minimum Gasteiger partial charge on any atom is -0.380 e. The highest BCUT2D eigenvalue weighted by atomic mass is 16.5. The molecule has 0 saturated carbocycles. The molecule has 0 aliphatic heterocycles. The molecule has 0 radical (unpaired) electrons. The van der Waals surface area contributed by atoms with E-state index in [1.165, 1.54) is 18.2 Å². The molecule has 0 rings (SSSR count). The zero-order valence-electron chi connectivity index (χ0n) is 16.0. The molecule has 0 aliphatic carbocycles. The van der Waals surface area contributed by atoms with Crippen molar-refractivity contribution in [3.8, 4) is 0 Å². The van der Waals surface area contributed by atoms with Gasteiger partial charge in [0, 0.05) is 19.8 Å². The largest absolute Gasteiger partial charge is 0.380 e. The Labute approximate surface area is 150 Å². The van der Waals surface area contributed by atoms with Gasteiger partial charge < -0.3 is 9.47 Å². The molecule has 0 saturated heterocycles. The second-order valence-corrected chi connectivity index (χ2v) is 5.12. The van der Waals surface area contributed by atoms with Crippen LogP contribution in [0.1, 0.15) is 41.0 Å². The molecule has 1 atom stereocenters. The first kappa shape index (κ1) is 27.9. The Hall–Kier alpha value is -1.94. The Balaban J connectivity index is -0.000000311. The molecule has 0 aromatic heterocycles. The van der Waals surface area contributed by atoms with Crippen molar-refractivity contribution < 1.29 is 23.9 Å². The van der Waals surface area contributed by atoms with E-state index in [0.717, 1.165) is 19.6 Å². The van der Waals surface area contributed by atoms with E-state index in [1.54, 1.807) is 6.92 Å². The Kier molecular flexibility index (Phi) is 30.0. The van der Waals surface area contributed by atoms with Crippen LogP contribution in [0.2, 0.25) is 0 Å². The summed E-state index contributed by atoms with van der Waals surface area (Å²) >= 11 is 0. The fraction of sp³-hybridized carbons (Fsp3) is 0.824. The smallest absolute Gasteiger partial charge is 0.235 e. The molecule has 0 heterocycles. The first-order chi connectivity index (χ1) is 12.0. The monoisotopic (exact) mass is 357 g/mol. The van der Waals surface area contributed by atoms with Crippen LogP contribution in [-0.2, 0) is 23.9 Å². The number of isocyanates is 3. The van der Waals surface area contributed by atoms with Gasteiger partial charge in [-0.05, 0) is 26.2 Å². The summed E-state index contributed by atoms with van der Waals surface area (Å²) in [6, 6.07) is 0. The normalized spacial score (nSPS) is 9.84. The van der Waals surface area contributed by atoms with Gasteiger partial charge in [-0.25, -0.2) is 29.4 Å². The highest BCUT2D eigenvalue weighted by Crippen LogP contribution is 1.97. The molecule has 25 heavy (non-hydrogen) atoms. The summed E-state index contributed by atoms with van der Waals surface area (Å²) in [4.78, 5) is 38.2. The lowest BCUT2D eigenvalue weighted by Crippen LogP contribution is -2.15. The van der Waals surface area contributed by atoms with Gasteiger partial charge in [0.15, 0.2) is 0 Å². The van der Waals surface area contributed by atoms with Crippen LogP contribution in [0.5, 0.6) is 0 Å². The summed E-state index contributed by atoms with van der Waals surface area (Å²) < 4.78 is 10.3. The van der Waals surface area contributed by atoms with Crippen LogP contribution in [0.25, 0.3) is 0 Å². The molecular formula is C17H31N3O5. The number of hydrogen-bond donors (Lipinski definition) is 0. The van der Waals surface area contributed by atoms with E-state index in [9.17, 15) is 9.59 Å². The first-order valence-electron chi connectivity index (χ1n) is 8.30. The highest BCUT2D eigenvalue weighted by molar-refractivity contribution is 5.33. The predicted molar refractivity (Wildman–Crippen MR) is 96.0 cm³/mol. The maximum absolute atomic E-state index is 9.70. The van der Waals surface area contributed by atoms with E-state index >= 15 is 0 Å². The zero-order chi connectivity index (χ0) is 19.8. The van der Waals surface area contributed by atoms with Crippen molar-refractivity contribution in [2.75, 3.05) is 39.5 Å². The second kappa shape index (κ2) is 26.9. The third-order valence-electron chi connectivity index (χ3n) is 2.11. The minimum absolute atomic E-state index is 0.0267. The van der Waals surface area contributed by atoms with Gasteiger partial charge in [0.1, 0.15) is 0 Å². The average Bonchev–Trinajstić information content (AvgIpc) is 2.60. The predicted octanol–water partition coefficient (Wildman–Crippen LogP) is 2.47. The van der Waals surface area contributed by atoms with Gasteiger partial charge in [0.25, 0.3) is 0 Å². The standard InChI is InChI=1S/C8H15NO2.C6H11NO2.C3H5NO/c1-7(2)5-11-8(3)4-9-6-10;1-2-4-9-5-3-7-6-8;1-2-4-3-5/h7-8H,4-5H2,1-3H3;2-5H2,1H3;2H2,1H3. The quantitative estimate of drug-likeness (QED) is 0.321. The number of aliphatic imine (C=N–C) groups is 3. The molecule has 0 fully saturated rings. The Morgan fingerprint density at radius 1 is 0.880 bits per heavy atom. The van der Waals surface area contributed by atoms with Crippen molar-refractivity contribution in [3.63, 3.8) is 0 Å². The van der Waals surface area contributed by atoms with Gasteiger partial charge in [-0.3, -0.25) is 0 Å². The summed E-state index contributed by atoms with van der Waals surface area (Å²) in [6.45, 7) is 13.2. The van der Waals surface area contributed by atoms with Crippen LogP contribution in [-0.4, -0.2) is 63.8 Å². The zero-order valence-corrected chi connectivity index (χ0v) is 16.0. The molecule has 0 bridgehead atoms. The molecule has 8 heteroatoms. The Morgan fingerprint density at radius 2 is 1.48 bits per heavy atom. The Morgan fingerprint density at radius 3 is 1.88 bits per heavy atom. The molecular weight excluding hydrogens is 326 g/mol. The summed E-state index contributed by atoms with van der Waals surface area (Å²) in [7, 11) is 0. The highest BCUT2D eigenvalue weighted by Gasteiger charge is 2.01. The van der Waals surface area contributed by atoms with Crippen LogP contribution in [0.3, 0.4) is 0 Å². The van der Waals surface area contributed by atoms with Gasteiger partial charge in [-0.2, -0.15) is 0 Å². The van der Waals surface area contributed by atoms with Crippen LogP contribution in [0, 0.1) is 5.92 Å². The van der Waals surface area contributed by atoms with Gasteiger partial charge in [0.2, 0.25) is 18.2 Å². The van der Waals surface area contributed by atoms with Crippen molar-refractivity contribution in [2.24, 2.45) is 20.9 Å². The topological polar surface area (TPSA) is 107 Å². The minimum atomic E-state index is 0.0267. The number of hydrogen-bond acceptors (Lipinski definition) is 8. The lowest BCUT2D eigenvalue weighted by atomic mass is 10.2. The van der Waals surface area contributed by atoms with E-state index in [2.05, 4.69) is 28.8 Å². The summed E-state index contributed by atoms with van der Waals surface area (Å²) in [5.74, 6) is 0.526. The van der Waals surface area contributed by atoms with Crippen LogP contribution < -0.4 is 0 Å². The molecule has 0 aromatic carbocycles. The molecule has 0 aromatic rings. The van der Waals surface area contributed by atoms with Crippen molar-refractivity contribution >= 4 is 18.2 Å². The van der Waals surface area contributed by atoms with Crippen molar-refractivity contribution in [1.82, 2.24) is 0 Å². The lowest BCUT2D eigenvalue weighted by Gasteiger charge is -2.11. The second-order valence-electron chi connectivity index (χ2n) is 5.12. The maximum Gasteiger partial charge on any atom is 0.235 e. The van der Waals surface area contributed by atoms with Crippen LogP contribution in [0.4, 0.5) is 0 Å². The fourth-order valence-electron chi connectivity index (χ4n) is 1.04. The van der Waals surface area contributed by atoms with E-state index in [-0.39, 0.29) is 6.10 Å². The summed E-state index contributed by atoms with van der Waals surface area (Å²) in [5.41, 5.74) is 0. The van der Waals surface area contributed by atoms with E-state index in [0.29, 0.717) is 32.2 Å². The number of ether oxygens (including phenoxy) is 2. The summed E-state index contributed by atoms with van der Waals surface area (Å²) in [6.07, 6.45) is 5.34. The van der Waals surface area contributed by atoms with Crippen molar-refractivity contribution in [2.45, 2.75) is 47.1 Å². The average molecular weight is 357 g/mol. The lowest BCUT2D eigenvalue weighted by molar-refractivity contribution is 0.0534. The summed E-state index contributed by atoms with van der Waals surface area (Å²) in [5, 5.41) is 0. The van der Waals surface area contributed by atoms with Gasteiger partial charge in [-0.1, -0.05) is 20.8 Å². The van der Waals surface area contributed by atoms with Crippen LogP contribution >= 0.6 is 0 Å². The molecule has 0 aliphatic rings. The SMILES string of the molecule is CC(C)COC(C)CN=C=O.CCCOCCN=C=O.CCN=C=O. The maximum atomic E-state index is 9.70. The fourth-order valence-corrected chi connectivity index (χ4v) is 1.04. The molecule has 0 amide bonds. The van der Waals surface area contributed by atoms with Gasteiger partial charge in [-0.15, -0.1) is 0 Å². The van der Waals surface area contributed by atoms with E-state index in [4.69, 9.17) is 14.3 Å². The first-order valence-corrected chi connectivity index (χ1v) is 8.30. The number of nitrogens with zero attached hydrogens (tertiary/aromatic N) is 3. The van der Waals surface area contributed by atoms with Gasteiger partial charge in [0.05, 0.1) is 25.8 Å². The molecule has 0 spiro atoms. The number of rotatable bonds is 11. The number of carbonyl (C=O) groups excluding carboxylic acids is 3. The van der Waals surface area contributed by atoms with Crippen LogP contribution in [0.15, 0.2) is 15.0 Å². The molecule has 1 unspecified atom stereocenters. The third kappa shape index (κ3) is 39.1. The van der Waals surface area contributed by atoms with E-state index in [1.807, 2.05) is 13.8 Å². The molecule has 0 N–H and O–H groups in total. The van der Waals surface area contributed by atoms with Crippen molar-refractivity contribution in [1.29, 1.82) is 0 Å².